The number of nitrogens with one attached hydrogen (secondary N) is 1. The van der Waals surface area contributed by atoms with Gasteiger partial charge in [-0.25, -0.2) is 14.4 Å². The van der Waals surface area contributed by atoms with E-state index in [2.05, 4.69) is 31.2 Å². The second-order valence-electron chi connectivity index (χ2n) is 4.30. The van der Waals surface area contributed by atoms with Gasteiger partial charge in [-0.15, -0.1) is 0 Å². The fraction of sp³-hybridized carbons (Fsp3) is 0.167. The van der Waals surface area contributed by atoms with E-state index < -0.39 is 10.7 Å². The highest BCUT2D eigenvalue weighted by Gasteiger charge is 2.24. The Hall–Kier alpha value is -2.29. The number of hydrogen-bond acceptors (Lipinski definition) is 6. The number of hydrogen-bond donors (Lipinski definition) is 1. The largest absolute Gasteiger partial charge is 0.357 e. The van der Waals surface area contributed by atoms with Crippen molar-refractivity contribution >= 4 is 38.9 Å². The summed E-state index contributed by atoms with van der Waals surface area (Å²) in [6.07, 6.45) is 1.18. The molecule has 2 rings (SSSR count). The number of nitro groups is 1. The van der Waals surface area contributed by atoms with E-state index in [1.807, 2.05) is 0 Å². The average molecular weight is 356 g/mol. The molecule has 9 heteroatoms. The molecule has 0 aliphatic rings. The molecule has 0 atom stereocenters. The summed E-state index contributed by atoms with van der Waals surface area (Å²) in [6, 6.07) is 4.33. The van der Waals surface area contributed by atoms with Crippen LogP contribution in [0.2, 0.25) is 0 Å². The lowest BCUT2D eigenvalue weighted by Crippen LogP contribution is -2.14. The van der Waals surface area contributed by atoms with Crippen molar-refractivity contribution in [2.24, 2.45) is 0 Å². The van der Waals surface area contributed by atoms with Crippen molar-refractivity contribution in [3.63, 3.8) is 0 Å². The van der Waals surface area contributed by atoms with Gasteiger partial charge >= 0.3 is 5.69 Å². The molecular formula is C12H11BrFN5O2. The van der Waals surface area contributed by atoms with Gasteiger partial charge in [0.15, 0.2) is 0 Å². The van der Waals surface area contributed by atoms with Crippen LogP contribution < -0.4 is 10.2 Å². The summed E-state index contributed by atoms with van der Waals surface area (Å²) in [7, 11) is 3.25. The van der Waals surface area contributed by atoms with Crippen LogP contribution in [-0.2, 0) is 0 Å². The number of anilines is 3. The van der Waals surface area contributed by atoms with Crippen LogP contribution in [0.1, 0.15) is 0 Å². The number of benzene rings is 1. The van der Waals surface area contributed by atoms with Crippen molar-refractivity contribution in [3.8, 4) is 0 Å². The molecule has 0 amide bonds. The molecule has 0 unspecified atom stereocenters. The summed E-state index contributed by atoms with van der Waals surface area (Å²) in [5.74, 6) is -0.487. The van der Waals surface area contributed by atoms with Crippen molar-refractivity contribution in [1.82, 2.24) is 9.97 Å². The minimum atomic E-state index is -0.603. The van der Waals surface area contributed by atoms with Crippen LogP contribution >= 0.6 is 15.9 Å². The Kier molecular flexibility index (Phi) is 4.32. The van der Waals surface area contributed by atoms with E-state index in [4.69, 9.17) is 0 Å². The summed E-state index contributed by atoms with van der Waals surface area (Å²) < 4.78 is 14.4. The maximum absolute atomic E-state index is 13.8. The lowest BCUT2D eigenvalue weighted by atomic mass is 10.3. The van der Waals surface area contributed by atoms with Gasteiger partial charge in [-0.2, -0.15) is 0 Å². The fourth-order valence-electron chi connectivity index (χ4n) is 1.67. The molecule has 21 heavy (non-hydrogen) atoms. The molecule has 110 valence electrons. The number of halogens is 2. The van der Waals surface area contributed by atoms with Gasteiger partial charge < -0.3 is 10.2 Å². The van der Waals surface area contributed by atoms with Crippen LogP contribution in [0.15, 0.2) is 29.0 Å². The van der Waals surface area contributed by atoms with Crippen LogP contribution in [0.25, 0.3) is 0 Å². The van der Waals surface area contributed by atoms with Gasteiger partial charge in [-0.3, -0.25) is 10.1 Å². The molecule has 0 aliphatic carbocycles. The fourth-order valence-corrected chi connectivity index (χ4v) is 2.01. The zero-order valence-corrected chi connectivity index (χ0v) is 12.8. The first kappa shape index (κ1) is 15.1. The van der Waals surface area contributed by atoms with Gasteiger partial charge in [0, 0.05) is 18.6 Å². The lowest BCUT2D eigenvalue weighted by Gasteiger charge is -2.13. The topological polar surface area (TPSA) is 84.2 Å². The third kappa shape index (κ3) is 3.24. The van der Waals surface area contributed by atoms with E-state index >= 15 is 0 Å². The highest BCUT2D eigenvalue weighted by molar-refractivity contribution is 9.10. The van der Waals surface area contributed by atoms with Crippen LogP contribution in [0, 0.1) is 15.9 Å². The molecule has 1 aromatic carbocycles. The smallest absolute Gasteiger partial charge is 0.353 e. The summed E-state index contributed by atoms with van der Waals surface area (Å²) >= 11 is 3.14. The molecule has 1 heterocycles. The molecule has 0 aliphatic heterocycles. The molecule has 1 aromatic heterocycles. The van der Waals surface area contributed by atoms with Crippen LogP contribution in [0.4, 0.5) is 27.4 Å². The standard InChI is InChI=1S/C12H11BrFN5O2/c1-18(2)12-10(19(20)21)11(15-6-16-12)17-9-4-3-7(13)5-8(9)14/h3-6H,1-2H3,(H,15,16,17). The highest BCUT2D eigenvalue weighted by atomic mass is 79.9. The number of rotatable bonds is 4. The van der Waals surface area contributed by atoms with Crippen LogP contribution in [0.5, 0.6) is 0 Å². The maximum Gasteiger partial charge on any atom is 0.353 e. The van der Waals surface area contributed by atoms with Gasteiger partial charge in [-0.1, -0.05) is 15.9 Å². The van der Waals surface area contributed by atoms with Crippen molar-refractivity contribution in [1.29, 1.82) is 0 Å². The third-order valence-corrected chi connectivity index (χ3v) is 3.09. The molecule has 7 nitrogen and oxygen atoms in total. The normalized spacial score (nSPS) is 10.3. The minimum Gasteiger partial charge on any atom is -0.357 e. The van der Waals surface area contributed by atoms with E-state index in [0.29, 0.717) is 4.47 Å². The van der Waals surface area contributed by atoms with Crippen LogP contribution in [0.3, 0.4) is 0 Å². The molecule has 0 saturated heterocycles. The highest BCUT2D eigenvalue weighted by Crippen LogP contribution is 2.33. The van der Waals surface area contributed by atoms with E-state index in [0.717, 1.165) is 0 Å². The zero-order valence-electron chi connectivity index (χ0n) is 11.2. The molecule has 2 aromatic rings. The summed E-state index contributed by atoms with van der Waals surface area (Å²) in [6.45, 7) is 0. The molecule has 0 saturated carbocycles. The molecule has 0 spiro atoms. The first-order valence-electron chi connectivity index (χ1n) is 5.79. The monoisotopic (exact) mass is 355 g/mol. The SMILES string of the molecule is CN(C)c1ncnc(Nc2ccc(Br)cc2F)c1[N+](=O)[O-]. The lowest BCUT2D eigenvalue weighted by molar-refractivity contribution is -0.383. The first-order chi connectivity index (χ1) is 9.90. The van der Waals surface area contributed by atoms with E-state index in [1.54, 1.807) is 20.2 Å². The molecule has 0 bridgehead atoms. The predicted octanol–water partition coefficient (Wildman–Crippen LogP) is 3.10. The summed E-state index contributed by atoms with van der Waals surface area (Å²) in [5, 5.41) is 13.9. The van der Waals surface area contributed by atoms with Crippen molar-refractivity contribution in [2.75, 3.05) is 24.3 Å². The Bertz CT molecular complexity index is 695. The minimum absolute atomic E-state index is 0.0695. The average Bonchev–Trinajstić information content (AvgIpc) is 2.41. The molecule has 0 fully saturated rings. The second-order valence-corrected chi connectivity index (χ2v) is 5.21. The third-order valence-electron chi connectivity index (χ3n) is 2.59. The second kappa shape index (κ2) is 6.00. The Labute approximate surface area is 128 Å². The van der Waals surface area contributed by atoms with Gasteiger partial charge in [0.1, 0.15) is 12.1 Å². The zero-order chi connectivity index (χ0) is 15.6. The van der Waals surface area contributed by atoms with Crippen LogP contribution in [-0.4, -0.2) is 29.0 Å². The van der Waals surface area contributed by atoms with Crippen molar-refractivity contribution in [3.05, 3.63) is 44.9 Å². The van der Waals surface area contributed by atoms with E-state index in [-0.39, 0.29) is 23.0 Å². The molecule has 1 N–H and O–H groups in total. The number of aromatic nitrogens is 2. The van der Waals surface area contributed by atoms with Crippen molar-refractivity contribution < 1.29 is 9.31 Å². The quantitative estimate of drug-likeness (QED) is 0.670. The van der Waals surface area contributed by atoms with Gasteiger partial charge in [0.25, 0.3) is 0 Å². The molecule has 0 radical (unpaired) electrons. The Morgan fingerprint density at radius 2 is 2.10 bits per heavy atom. The summed E-state index contributed by atoms with van der Waals surface area (Å²) in [4.78, 5) is 19.8. The van der Waals surface area contributed by atoms with E-state index in [1.165, 1.54) is 23.4 Å². The maximum atomic E-state index is 13.8. The Balaban J connectivity index is 2.49. The van der Waals surface area contributed by atoms with Gasteiger partial charge in [0.2, 0.25) is 11.6 Å². The summed E-state index contributed by atoms with van der Waals surface area (Å²) in [5.41, 5.74) is -0.227. The number of nitrogens with zero attached hydrogens (tertiary/aromatic N) is 4. The molecular weight excluding hydrogens is 345 g/mol. The Morgan fingerprint density at radius 3 is 2.67 bits per heavy atom. The first-order valence-corrected chi connectivity index (χ1v) is 6.58. The predicted molar refractivity (Wildman–Crippen MR) is 80.4 cm³/mol. The van der Waals surface area contributed by atoms with Gasteiger partial charge in [-0.05, 0) is 18.2 Å². The van der Waals surface area contributed by atoms with E-state index in [9.17, 15) is 14.5 Å². The Morgan fingerprint density at radius 1 is 1.38 bits per heavy atom. The van der Waals surface area contributed by atoms with Gasteiger partial charge in [0.05, 0.1) is 10.6 Å². The van der Waals surface area contributed by atoms with Crippen molar-refractivity contribution in [2.45, 2.75) is 0 Å².